The Morgan fingerprint density at radius 3 is 2.58 bits per heavy atom. The minimum absolute atomic E-state index is 0.0817. The van der Waals surface area contributed by atoms with Crippen molar-refractivity contribution in [2.24, 2.45) is 0 Å². The van der Waals surface area contributed by atoms with E-state index in [-0.39, 0.29) is 27.3 Å². The topological polar surface area (TPSA) is 84.5 Å². The number of halogens is 2. The number of benzene rings is 2. The zero-order valence-corrected chi connectivity index (χ0v) is 13.9. The first-order chi connectivity index (χ1) is 11.3. The first-order valence-electron chi connectivity index (χ1n) is 6.86. The lowest BCUT2D eigenvalue weighted by Crippen LogP contribution is -2.34. The number of carbonyl (C=O) groups is 1. The molecule has 1 aliphatic heterocycles. The molecule has 6 nitrogen and oxygen atoms in total. The summed E-state index contributed by atoms with van der Waals surface area (Å²) in [7, 11) is -4.02. The number of ether oxygens (including phenoxy) is 1. The average molecular weight is 371 g/mol. The fourth-order valence-corrected chi connectivity index (χ4v) is 3.74. The molecular formula is C15H12ClFN2O4S. The van der Waals surface area contributed by atoms with E-state index in [2.05, 4.69) is 10.0 Å². The zero-order valence-electron chi connectivity index (χ0n) is 12.3. The van der Waals surface area contributed by atoms with E-state index in [0.717, 1.165) is 12.1 Å². The van der Waals surface area contributed by atoms with Crippen LogP contribution in [0, 0.1) is 5.82 Å². The van der Waals surface area contributed by atoms with Gasteiger partial charge in [-0.2, -0.15) is 0 Å². The summed E-state index contributed by atoms with van der Waals surface area (Å²) in [6, 6.07) is 7.38. The van der Waals surface area contributed by atoms with Crippen molar-refractivity contribution in [2.45, 2.75) is 17.9 Å². The molecule has 0 saturated carbocycles. The van der Waals surface area contributed by atoms with Crippen LogP contribution in [0.2, 0.25) is 5.02 Å². The number of nitrogens with one attached hydrogen (secondary N) is 2. The molecule has 0 fully saturated rings. The van der Waals surface area contributed by atoms with Crippen molar-refractivity contribution in [3.63, 3.8) is 0 Å². The Morgan fingerprint density at radius 1 is 1.25 bits per heavy atom. The fourth-order valence-electron chi connectivity index (χ4n) is 2.14. The Labute approximate surface area is 142 Å². The van der Waals surface area contributed by atoms with Crippen molar-refractivity contribution >= 4 is 38.9 Å². The van der Waals surface area contributed by atoms with Crippen molar-refractivity contribution in [1.29, 1.82) is 0 Å². The van der Waals surface area contributed by atoms with Crippen LogP contribution in [0.25, 0.3) is 0 Å². The van der Waals surface area contributed by atoms with E-state index in [0.29, 0.717) is 5.69 Å². The van der Waals surface area contributed by atoms with Gasteiger partial charge in [-0.25, -0.2) is 12.8 Å². The van der Waals surface area contributed by atoms with Gasteiger partial charge in [-0.3, -0.25) is 9.52 Å². The summed E-state index contributed by atoms with van der Waals surface area (Å²) in [4.78, 5) is 11.4. The highest BCUT2D eigenvalue weighted by atomic mass is 35.5. The Morgan fingerprint density at radius 2 is 1.92 bits per heavy atom. The van der Waals surface area contributed by atoms with E-state index in [4.69, 9.17) is 16.3 Å². The molecule has 2 aromatic carbocycles. The van der Waals surface area contributed by atoms with E-state index in [1.807, 2.05) is 0 Å². The van der Waals surface area contributed by atoms with Crippen LogP contribution in [-0.4, -0.2) is 20.4 Å². The second-order valence-corrected chi connectivity index (χ2v) is 7.20. The van der Waals surface area contributed by atoms with Gasteiger partial charge in [0.15, 0.2) is 6.10 Å². The quantitative estimate of drug-likeness (QED) is 0.869. The summed E-state index contributed by atoms with van der Waals surface area (Å²) in [6.07, 6.45) is -0.751. The Kier molecular flexibility index (Phi) is 4.10. The lowest BCUT2D eigenvalue weighted by Gasteiger charge is -2.24. The first kappa shape index (κ1) is 16.5. The Bertz CT molecular complexity index is 916. The van der Waals surface area contributed by atoms with Crippen LogP contribution in [0.5, 0.6) is 5.75 Å². The molecule has 126 valence electrons. The SMILES string of the molecule is CC1Oc2cc(S(=O)(=O)Nc3ccc(F)cc3)c(Cl)cc2NC1=O. The minimum Gasteiger partial charge on any atom is -0.479 e. The molecule has 1 amide bonds. The van der Waals surface area contributed by atoms with Crippen molar-refractivity contribution in [2.75, 3.05) is 10.0 Å². The fraction of sp³-hybridized carbons (Fsp3) is 0.133. The van der Waals surface area contributed by atoms with E-state index in [9.17, 15) is 17.6 Å². The predicted octanol–water partition coefficient (Wildman–Crippen LogP) is 3.00. The molecule has 9 heteroatoms. The van der Waals surface area contributed by atoms with Gasteiger partial charge in [0.25, 0.3) is 15.9 Å². The first-order valence-corrected chi connectivity index (χ1v) is 8.72. The maximum atomic E-state index is 12.9. The molecule has 24 heavy (non-hydrogen) atoms. The molecular weight excluding hydrogens is 359 g/mol. The van der Waals surface area contributed by atoms with Gasteiger partial charge in [0, 0.05) is 11.8 Å². The molecule has 2 aromatic rings. The minimum atomic E-state index is -4.02. The number of rotatable bonds is 3. The van der Waals surface area contributed by atoms with Crippen molar-refractivity contribution in [3.05, 3.63) is 47.2 Å². The maximum absolute atomic E-state index is 12.9. The molecule has 0 radical (unpaired) electrons. The molecule has 0 saturated heterocycles. The third kappa shape index (κ3) is 3.15. The third-order valence-electron chi connectivity index (χ3n) is 3.35. The van der Waals surface area contributed by atoms with Gasteiger partial charge in [0.1, 0.15) is 16.5 Å². The average Bonchev–Trinajstić information content (AvgIpc) is 2.50. The van der Waals surface area contributed by atoms with Crippen LogP contribution >= 0.6 is 11.6 Å². The van der Waals surface area contributed by atoms with Crippen LogP contribution in [0.1, 0.15) is 6.92 Å². The van der Waals surface area contributed by atoms with Gasteiger partial charge >= 0.3 is 0 Å². The van der Waals surface area contributed by atoms with Gasteiger partial charge < -0.3 is 10.1 Å². The standard InChI is InChI=1S/C15H12ClFN2O4S/c1-8-15(20)18-12-6-11(16)14(7-13(12)23-8)24(21,22)19-10-4-2-9(17)3-5-10/h2-8,19H,1H3,(H,18,20). The molecule has 1 aliphatic rings. The summed E-state index contributed by atoms with van der Waals surface area (Å²) < 4.78 is 45.6. The van der Waals surface area contributed by atoms with Crippen LogP contribution < -0.4 is 14.8 Å². The van der Waals surface area contributed by atoms with Crippen LogP contribution in [-0.2, 0) is 14.8 Å². The Balaban J connectivity index is 1.97. The van der Waals surface area contributed by atoms with Crippen molar-refractivity contribution in [1.82, 2.24) is 0 Å². The summed E-state index contributed by atoms with van der Waals surface area (Å²) in [6.45, 7) is 1.54. The van der Waals surface area contributed by atoms with Crippen molar-refractivity contribution < 1.29 is 22.3 Å². The summed E-state index contributed by atoms with van der Waals surface area (Å²) in [5, 5.41) is 2.50. The number of hydrogen-bond acceptors (Lipinski definition) is 4. The number of hydrogen-bond donors (Lipinski definition) is 2. The summed E-state index contributed by atoms with van der Waals surface area (Å²) in [5.74, 6) is -0.632. The number of anilines is 2. The molecule has 1 atom stereocenters. The highest BCUT2D eigenvalue weighted by Gasteiger charge is 2.28. The van der Waals surface area contributed by atoms with Crippen LogP contribution in [0.3, 0.4) is 0 Å². The number of carbonyl (C=O) groups excluding carboxylic acids is 1. The van der Waals surface area contributed by atoms with Gasteiger partial charge in [-0.1, -0.05) is 11.6 Å². The van der Waals surface area contributed by atoms with E-state index in [1.165, 1.54) is 31.2 Å². The summed E-state index contributed by atoms with van der Waals surface area (Å²) >= 11 is 6.04. The molecule has 0 aromatic heterocycles. The summed E-state index contributed by atoms with van der Waals surface area (Å²) in [5.41, 5.74) is 0.483. The van der Waals surface area contributed by atoms with Crippen LogP contribution in [0.4, 0.5) is 15.8 Å². The van der Waals surface area contributed by atoms with E-state index >= 15 is 0 Å². The molecule has 0 bridgehead atoms. The lowest BCUT2D eigenvalue weighted by atomic mass is 10.2. The van der Waals surface area contributed by atoms with Gasteiger partial charge in [0.2, 0.25) is 0 Å². The smallest absolute Gasteiger partial charge is 0.265 e. The number of amides is 1. The molecule has 0 aliphatic carbocycles. The van der Waals surface area contributed by atoms with E-state index in [1.54, 1.807) is 0 Å². The number of sulfonamides is 1. The second kappa shape index (κ2) is 5.95. The second-order valence-electron chi connectivity index (χ2n) is 5.14. The predicted molar refractivity (Wildman–Crippen MR) is 87.4 cm³/mol. The third-order valence-corrected chi connectivity index (χ3v) is 5.20. The molecule has 1 heterocycles. The van der Waals surface area contributed by atoms with Crippen LogP contribution in [0.15, 0.2) is 41.3 Å². The van der Waals surface area contributed by atoms with Gasteiger partial charge in [-0.15, -0.1) is 0 Å². The maximum Gasteiger partial charge on any atom is 0.265 e. The number of fused-ring (bicyclic) bond motifs is 1. The molecule has 1 unspecified atom stereocenters. The molecule has 2 N–H and O–H groups in total. The Hall–Kier alpha value is -2.32. The molecule has 0 spiro atoms. The van der Waals surface area contributed by atoms with Gasteiger partial charge in [-0.05, 0) is 37.3 Å². The highest BCUT2D eigenvalue weighted by molar-refractivity contribution is 7.92. The largest absolute Gasteiger partial charge is 0.479 e. The van der Waals surface area contributed by atoms with E-state index < -0.39 is 21.9 Å². The lowest BCUT2D eigenvalue weighted by molar-refractivity contribution is -0.122. The monoisotopic (exact) mass is 370 g/mol. The zero-order chi connectivity index (χ0) is 17.5. The highest BCUT2D eigenvalue weighted by Crippen LogP contribution is 2.37. The van der Waals surface area contributed by atoms with Gasteiger partial charge in [0.05, 0.1) is 10.7 Å². The normalized spacial score (nSPS) is 16.8. The molecule has 3 rings (SSSR count). The van der Waals surface area contributed by atoms with Crippen molar-refractivity contribution in [3.8, 4) is 5.75 Å².